The van der Waals surface area contributed by atoms with Crippen molar-refractivity contribution in [2.75, 3.05) is 31.1 Å². The number of carbonyl (C=O) groups is 1. The number of anilines is 1. The number of thiazole rings is 1. The Morgan fingerprint density at radius 1 is 0.889 bits per heavy atom. The molecule has 3 aromatic rings. The second-order valence-electron chi connectivity index (χ2n) is 6.26. The van der Waals surface area contributed by atoms with Gasteiger partial charge in [0.1, 0.15) is 4.88 Å². The van der Waals surface area contributed by atoms with E-state index in [4.69, 9.17) is 0 Å². The van der Waals surface area contributed by atoms with Gasteiger partial charge in [-0.15, -0.1) is 11.3 Å². The molecule has 4 nitrogen and oxygen atoms in total. The number of aromatic nitrogens is 1. The van der Waals surface area contributed by atoms with Gasteiger partial charge < -0.3 is 9.80 Å². The SMILES string of the molecule is O=C(c1cnc(C#Cc2ccccc2)s1)N1CCN(c2ccccc2)CC1. The minimum absolute atomic E-state index is 0.0490. The lowest BCUT2D eigenvalue weighted by molar-refractivity contribution is 0.0751. The highest BCUT2D eigenvalue weighted by molar-refractivity contribution is 7.14. The molecule has 0 aliphatic carbocycles. The van der Waals surface area contributed by atoms with Crippen LogP contribution in [-0.2, 0) is 0 Å². The zero-order valence-electron chi connectivity index (χ0n) is 14.8. The van der Waals surface area contributed by atoms with Gasteiger partial charge in [0.05, 0.1) is 6.20 Å². The van der Waals surface area contributed by atoms with Crippen molar-refractivity contribution in [2.45, 2.75) is 0 Å². The molecule has 0 spiro atoms. The number of amides is 1. The first-order chi connectivity index (χ1) is 13.3. The van der Waals surface area contributed by atoms with Crippen LogP contribution in [0.4, 0.5) is 5.69 Å². The molecule has 4 rings (SSSR count). The molecule has 134 valence electrons. The van der Waals surface area contributed by atoms with Crippen LogP contribution in [0.1, 0.15) is 20.2 Å². The molecule has 1 aliphatic heterocycles. The predicted molar refractivity (Wildman–Crippen MR) is 109 cm³/mol. The Morgan fingerprint density at radius 3 is 2.26 bits per heavy atom. The summed E-state index contributed by atoms with van der Waals surface area (Å²) in [5.74, 6) is 6.18. The van der Waals surface area contributed by atoms with Crippen LogP contribution < -0.4 is 4.90 Å². The number of rotatable bonds is 2. The van der Waals surface area contributed by atoms with Crippen LogP contribution in [0.5, 0.6) is 0 Å². The van der Waals surface area contributed by atoms with Crippen molar-refractivity contribution in [1.82, 2.24) is 9.88 Å². The predicted octanol–water partition coefficient (Wildman–Crippen LogP) is 3.51. The maximum atomic E-state index is 12.8. The molecule has 1 fully saturated rings. The zero-order valence-corrected chi connectivity index (χ0v) is 15.7. The van der Waals surface area contributed by atoms with Gasteiger partial charge in [-0.2, -0.15) is 0 Å². The van der Waals surface area contributed by atoms with Gasteiger partial charge in [0.15, 0.2) is 5.01 Å². The van der Waals surface area contributed by atoms with E-state index in [1.54, 1.807) is 6.20 Å². The first-order valence-electron chi connectivity index (χ1n) is 8.92. The molecule has 0 bridgehead atoms. The van der Waals surface area contributed by atoms with E-state index in [0.717, 1.165) is 31.7 Å². The van der Waals surface area contributed by atoms with Gasteiger partial charge >= 0.3 is 0 Å². The quantitative estimate of drug-likeness (QED) is 0.645. The van der Waals surface area contributed by atoms with E-state index in [-0.39, 0.29) is 5.91 Å². The lowest BCUT2D eigenvalue weighted by atomic mass is 10.2. The Labute approximate surface area is 163 Å². The summed E-state index contributed by atoms with van der Waals surface area (Å²) in [6.07, 6.45) is 1.64. The van der Waals surface area contributed by atoms with Crippen LogP contribution in [0.2, 0.25) is 0 Å². The van der Waals surface area contributed by atoms with E-state index < -0.39 is 0 Å². The third-order valence-electron chi connectivity index (χ3n) is 4.49. The minimum Gasteiger partial charge on any atom is -0.368 e. The molecule has 2 heterocycles. The minimum atomic E-state index is 0.0490. The van der Waals surface area contributed by atoms with Crippen molar-refractivity contribution in [3.63, 3.8) is 0 Å². The monoisotopic (exact) mass is 373 g/mol. The molecule has 27 heavy (non-hydrogen) atoms. The number of piperazine rings is 1. The summed E-state index contributed by atoms with van der Waals surface area (Å²) in [5.41, 5.74) is 2.15. The maximum absolute atomic E-state index is 12.8. The van der Waals surface area contributed by atoms with Gasteiger partial charge in [-0.1, -0.05) is 42.3 Å². The molecular formula is C22H19N3OS. The molecule has 1 aliphatic rings. The highest BCUT2D eigenvalue weighted by Crippen LogP contribution is 2.19. The van der Waals surface area contributed by atoms with Crippen molar-refractivity contribution < 1.29 is 4.79 Å². The van der Waals surface area contributed by atoms with Crippen LogP contribution >= 0.6 is 11.3 Å². The van der Waals surface area contributed by atoms with Crippen molar-refractivity contribution in [3.05, 3.63) is 82.3 Å². The number of hydrogen-bond acceptors (Lipinski definition) is 4. The summed E-state index contributed by atoms with van der Waals surface area (Å²) in [7, 11) is 0. The summed E-state index contributed by atoms with van der Waals surface area (Å²) in [6, 6.07) is 20.1. The van der Waals surface area contributed by atoms with Crippen molar-refractivity contribution >= 4 is 22.9 Å². The number of nitrogens with zero attached hydrogens (tertiary/aromatic N) is 3. The first kappa shape index (κ1) is 17.3. The molecule has 1 saturated heterocycles. The zero-order chi connectivity index (χ0) is 18.5. The van der Waals surface area contributed by atoms with E-state index in [1.165, 1.54) is 17.0 Å². The standard InChI is InChI=1S/C22H19N3OS/c26-22(25-15-13-24(14-16-25)19-9-5-2-6-10-19)20-17-23-21(27-20)12-11-18-7-3-1-4-8-18/h1-10,17H,13-16H2. The fourth-order valence-electron chi connectivity index (χ4n) is 3.04. The highest BCUT2D eigenvalue weighted by atomic mass is 32.1. The third kappa shape index (κ3) is 4.18. The molecule has 0 unspecified atom stereocenters. The topological polar surface area (TPSA) is 36.4 Å². The molecule has 0 saturated carbocycles. The number of hydrogen-bond donors (Lipinski definition) is 0. The normalized spacial score (nSPS) is 13.8. The van der Waals surface area contributed by atoms with Gasteiger partial charge in [-0.05, 0) is 30.2 Å². The van der Waals surface area contributed by atoms with Crippen molar-refractivity contribution in [3.8, 4) is 11.8 Å². The van der Waals surface area contributed by atoms with Crippen LogP contribution in [0.3, 0.4) is 0 Å². The van der Waals surface area contributed by atoms with Crippen LogP contribution in [0.15, 0.2) is 66.9 Å². The van der Waals surface area contributed by atoms with Gasteiger partial charge in [0, 0.05) is 37.4 Å². The molecule has 1 amide bonds. The summed E-state index contributed by atoms with van der Waals surface area (Å²) in [4.78, 5) is 21.9. The fourth-order valence-corrected chi connectivity index (χ4v) is 3.78. The fraction of sp³-hybridized carbons (Fsp3) is 0.182. The number of benzene rings is 2. The number of carbonyl (C=O) groups excluding carboxylic acids is 1. The highest BCUT2D eigenvalue weighted by Gasteiger charge is 2.23. The van der Waals surface area contributed by atoms with E-state index in [0.29, 0.717) is 9.88 Å². The molecule has 0 N–H and O–H groups in total. The van der Waals surface area contributed by atoms with Gasteiger partial charge in [-0.3, -0.25) is 4.79 Å². The maximum Gasteiger partial charge on any atom is 0.265 e. The summed E-state index contributed by atoms with van der Waals surface area (Å²) in [6.45, 7) is 3.12. The lowest BCUT2D eigenvalue weighted by Gasteiger charge is -2.35. The molecule has 0 atom stereocenters. The average Bonchev–Trinajstić information content (AvgIpc) is 3.22. The molecule has 1 aromatic heterocycles. The van der Waals surface area contributed by atoms with Crippen molar-refractivity contribution in [1.29, 1.82) is 0 Å². The second-order valence-corrected chi connectivity index (χ2v) is 7.29. The smallest absolute Gasteiger partial charge is 0.265 e. The Hall–Kier alpha value is -3.10. The lowest BCUT2D eigenvalue weighted by Crippen LogP contribution is -2.48. The van der Waals surface area contributed by atoms with Gasteiger partial charge in [0.25, 0.3) is 5.91 Å². The third-order valence-corrected chi connectivity index (χ3v) is 5.39. The van der Waals surface area contributed by atoms with Crippen LogP contribution in [-0.4, -0.2) is 42.0 Å². The summed E-state index contributed by atoms with van der Waals surface area (Å²) >= 11 is 1.36. The van der Waals surface area contributed by atoms with E-state index >= 15 is 0 Å². The Bertz CT molecular complexity index is 965. The van der Waals surface area contributed by atoms with E-state index in [1.807, 2.05) is 53.4 Å². The number of para-hydroxylation sites is 1. The largest absolute Gasteiger partial charge is 0.368 e. The summed E-state index contributed by atoms with van der Waals surface area (Å²) in [5, 5.41) is 0.671. The second kappa shape index (κ2) is 8.07. The molecular weight excluding hydrogens is 354 g/mol. The molecule has 2 aromatic carbocycles. The Morgan fingerprint density at radius 2 is 1.56 bits per heavy atom. The summed E-state index contributed by atoms with van der Waals surface area (Å²) < 4.78 is 0. The first-order valence-corrected chi connectivity index (χ1v) is 9.73. The Balaban J connectivity index is 1.38. The van der Waals surface area contributed by atoms with E-state index in [9.17, 15) is 4.79 Å². The van der Waals surface area contributed by atoms with E-state index in [2.05, 4.69) is 33.9 Å². The Kier molecular flexibility index (Phi) is 5.17. The molecule has 5 heteroatoms. The van der Waals surface area contributed by atoms with Gasteiger partial charge in [-0.25, -0.2) is 4.98 Å². The average molecular weight is 373 g/mol. The van der Waals surface area contributed by atoms with Crippen molar-refractivity contribution in [2.24, 2.45) is 0 Å². The van der Waals surface area contributed by atoms with Gasteiger partial charge in [0.2, 0.25) is 0 Å². The molecule has 0 radical (unpaired) electrons. The van der Waals surface area contributed by atoms with Crippen LogP contribution in [0, 0.1) is 11.8 Å². The van der Waals surface area contributed by atoms with Crippen LogP contribution in [0.25, 0.3) is 0 Å².